The van der Waals surface area contributed by atoms with Gasteiger partial charge in [0.1, 0.15) is 17.9 Å². The third-order valence-corrected chi connectivity index (χ3v) is 6.52. The first-order chi connectivity index (χ1) is 15.6. The molecule has 1 atom stereocenters. The minimum absolute atomic E-state index is 0.135. The fraction of sp³-hybridized carbons (Fsp3) is 0.520. The van der Waals surface area contributed by atoms with Crippen molar-refractivity contribution in [2.45, 2.75) is 26.3 Å². The van der Waals surface area contributed by atoms with Crippen molar-refractivity contribution in [3.05, 3.63) is 64.1 Å². The molecule has 3 heterocycles. The summed E-state index contributed by atoms with van der Waals surface area (Å²) in [6.45, 7) is 8.79. The average Bonchev–Trinajstić information content (AvgIpc) is 2.83. The number of para-hydroxylation sites is 1. The van der Waals surface area contributed by atoms with Gasteiger partial charge < -0.3 is 19.5 Å². The van der Waals surface area contributed by atoms with E-state index >= 15 is 0 Å². The van der Waals surface area contributed by atoms with Crippen LogP contribution in [0.1, 0.15) is 28.8 Å². The number of carbonyl (C=O) groups excluding carboxylic acids is 1. The number of amides is 1. The monoisotopic (exact) mass is 438 g/mol. The second-order valence-electron chi connectivity index (χ2n) is 8.84. The summed E-state index contributed by atoms with van der Waals surface area (Å²) < 4.78 is 7.52. The number of benzene rings is 1. The van der Waals surface area contributed by atoms with Crippen molar-refractivity contribution in [2.24, 2.45) is 5.92 Å². The molecule has 4 rings (SSSR count). The van der Waals surface area contributed by atoms with E-state index in [1.54, 1.807) is 4.57 Å². The Morgan fingerprint density at radius 3 is 2.62 bits per heavy atom. The Morgan fingerprint density at radius 2 is 1.91 bits per heavy atom. The Bertz CT molecular complexity index is 945. The molecule has 1 aromatic carbocycles. The quantitative estimate of drug-likeness (QED) is 0.716. The Kier molecular flexibility index (Phi) is 7.60. The van der Waals surface area contributed by atoms with Crippen molar-refractivity contribution in [3.63, 3.8) is 0 Å². The second-order valence-corrected chi connectivity index (χ2v) is 8.84. The van der Waals surface area contributed by atoms with Crippen LogP contribution >= 0.6 is 0 Å². The van der Waals surface area contributed by atoms with E-state index in [9.17, 15) is 9.59 Å². The largest absolute Gasteiger partial charge is 0.492 e. The predicted octanol–water partition coefficient (Wildman–Crippen LogP) is 1.99. The van der Waals surface area contributed by atoms with Gasteiger partial charge in [0.2, 0.25) is 0 Å². The van der Waals surface area contributed by atoms with Gasteiger partial charge in [-0.1, -0.05) is 18.2 Å². The van der Waals surface area contributed by atoms with Gasteiger partial charge in [0, 0.05) is 45.5 Å². The molecule has 32 heavy (non-hydrogen) atoms. The molecule has 2 saturated heterocycles. The fourth-order valence-corrected chi connectivity index (χ4v) is 4.57. The van der Waals surface area contributed by atoms with E-state index in [0.717, 1.165) is 56.9 Å². The van der Waals surface area contributed by atoms with E-state index < -0.39 is 0 Å². The van der Waals surface area contributed by atoms with Gasteiger partial charge >= 0.3 is 0 Å². The lowest BCUT2D eigenvalue weighted by molar-refractivity contribution is 0.0617. The molecular weight excluding hydrogens is 404 g/mol. The highest BCUT2D eigenvalue weighted by Gasteiger charge is 2.26. The van der Waals surface area contributed by atoms with E-state index in [1.165, 1.54) is 0 Å². The normalized spacial score (nSPS) is 19.7. The Hall–Kier alpha value is -2.64. The lowest BCUT2D eigenvalue weighted by atomic mass is 9.99. The number of rotatable bonds is 7. The summed E-state index contributed by atoms with van der Waals surface area (Å²) in [5.74, 6) is 1.18. The zero-order valence-electron chi connectivity index (χ0n) is 19.0. The van der Waals surface area contributed by atoms with Crippen LogP contribution < -0.4 is 15.6 Å². The molecule has 7 heteroatoms. The van der Waals surface area contributed by atoms with Crippen molar-refractivity contribution in [1.82, 2.24) is 19.7 Å². The first kappa shape index (κ1) is 22.6. The van der Waals surface area contributed by atoms with Gasteiger partial charge in [-0.05, 0) is 62.5 Å². The summed E-state index contributed by atoms with van der Waals surface area (Å²) in [6.07, 6.45) is 4.10. The van der Waals surface area contributed by atoms with Crippen molar-refractivity contribution in [3.8, 4) is 5.75 Å². The van der Waals surface area contributed by atoms with Crippen molar-refractivity contribution < 1.29 is 9.53 Å². The highest BCUT2D eigenvalue weighted by atomic mass is 16.5. The number of nitrogens with zero attached hydrogens (tertiary/aromatic N) is 3. The van der Waals surface area contributed by atoms with E-state index in [2.05, 4.69) is 10.2 Å². The number of aryl methyl sites for hydroxylation is 1. The molecule has 2 aliphatic heterocycles. The molecule has 0 spiro atoms. The molecular formula is C25H34N4O3. The zero-order valence-corrected chi connectivity index (χ0v) is 19.0. The number of nitrogens with one attached hydrogen (secondary N) is 1. The van der Waals surface area contributed by atoms with E-state index in [4.69, 9.17) is 4.74 Å². The van der Waals surface area contributed by atoms with Gasteiger partial charge in [-0.3, -0.25) is 14.5 Å². The number of hydrogen-bond acceptors (Lipinski definition) is 5. The van der Waals surface area contributed by atoms with Crippen LogP contribution in [0.15, 0.2) is 47.4 Å². The molecule has 1 aromatic heterocycles. The van der Waals surface area contributed by atoms with Crippen LogP contribution in [-0.2, 0) is 6.54 Å². The average molecular weight is 439 g/mol. The molecule has 1 N–H and O–H groups in total. The lowest BCUT2D eigenvalue weighted by Crippen LogP contribution is -2.50. The third-order valence-electron chi connectivity index (χ3n) is 6.52. The molecule has 2 fully saturated rings. The standard InChI is InChI=1S/C25H34N4O3/c1-20-9-11-29(19-21-6-5-10-26-18-21)25(31)23(20)24(30)28-14-12-27(13-15-28)16-17-32-22-7-3-2-4-8-22/h2-4,7-9,11,21,26H,5-6,10,12-19H2,1H3. The Morgan fingerprint density at radius 1 is 1.12 bits per heavy atom. The summed E-state index contributed by atoms with van der Waals surface area (Å²) in [6, 6.07) is 11.7. The molecule has 1 unspecified atom stereocenters. The van der Waals surface area contributed by atoms with Gasteiger partial charge in [-0.2, -0.15) is 0 Å². The summed E-state index contributed by atoms with van der Waals surface area (Å²) in [5.41, 5.74) is 0.938. The molecule has 1 amide bonds. The molecule has 0 bridgehead atoms. The van der Waals surface area contributed by atoms with Crippen LogP contribution in [0.3, 0.4) is 0 Å². The predicted molar refractivity (Wildman–Crippen MR) is 125 cm³/mol. The van der Waals surface area contributed by atoms with Crippen LogP contribution in [0.4, 0.5) is 0 Å². The van der Waals surface area contributed by atoms with Gasteiger partial charge in [0.05, 0.1) is 0 Å². The molecule has 0 radical (unpaired) electrons. The van der Waals surface area contributed by atoms with Gasteiger partial charge in [0.15, 0.2) is 0 Å². The smallest absolute Gasteiger partial charge is 0.263 e. The number of carbonyl (C=O) groups is 1. The molecule has 7 nitrogen and oxygen atoms in total. The Balaban J connectivity index is 1.32. The number of aromatic nitrogens is 1. The minimum Gasteiger partial charge on any atom is -0.492 e. The molecule has 0 saturated carbocycles. The van der Waals surface area contributed by atoms with Crippen LogP contribution in [0.25, 0.3) is 0 Å². The zero-order chi connectivity index (χ0) is 22.3. The topological polar surface area (TPSA) is 66.8 Å². The van der Waals surface area contributed by atoms with Crippen LogP contribution in [0, 0.1) is 12.8 Å². The number of ether oxygens (including phenoxy) is 1. The summed E-state index contributed by atoms with van der Waals surface area (Å²) in [4.78, 5) is 30.5. The van der Waals surface area contributed by atoms with Crippen LogP contribution in [0.5, 0.6) is 5.75 Å². The maximum atomic E-state index is 13.2. The van der Waals surface area contributed by atoms with E-state index in [1.807, 2.05) is 54.4 Å². The number of piperidine rings is 1. The molecule has 0 aliphatic carbocycles. The van der Waals surface area contributed by atoms with E-state index in [0.29, 0.717) is 37.7 Å². The first-order valence-corrected chi connectivity index (χ1v) is 11.7. The molecule has 172 valence electrons. The first-order valence-electron chi connectivity index (χ1n) is 11.7. The number of piperazine rings is 1. The van der Waals surface area contributed by atoms with Crippen LogP contribution in [0.2, 0.25) is 0 Å². The van der Waals surface area contributed by atoms with Crippen molar-refractivity contribution in [1.29, 1.82) is 0 Å². The van der Waals surface area contributed by atoms with Gasteiger partial charge in [-0.25, -0.2) is 0 Å². The number of hydrogen-bond donors (Lipinski definition) is 1. The minimum atomic E-state index is -0.153. The SMILES string of the molecule is Cc1ccn(CC2CCCNC2)c(=O)c1C(=O)N1CCN(CCOc2ccccc2)CC1. The second kappa shape index (κ2) is 10.8. The highest BCUT2D eigenvalue weighted by Crippen LogP contribution is 2.14. The highest BCUT2D eigenvalue weighted by molar-refractivity contribution is 5.95. The maximum Gasteiger partial charge on any atom is 0.263 e. The summed E-state index contributed by atoms with van der Waals surface area (Å²) in [5, 5.41) is 3.40. The van der Waals surface area contributed by atoms with Crippen LogP contribution in [-0.4, -0.2) is 72.7 Å². The van der Waals surface area contributed by atoms with E-state index in [-0.39, 0.29) is 11.5 Å². The summed E-state index contributed by atoms with van der Waals surface area (Å²) >= 11 is 0. The third kappa shape index (κ3) is 5.58. The van der Waals surface area contributed by atoms with Crippen molar-refractivity contribution >= 4 is 5.91 Å². The molecule has 2 aromatic rings. The fourth-order valence-electron chi connectivity index (χ4n) is 4.57. The van der Waals surface area contributed by atoms with Crippen molar-refractivity contribution in [2.75, 3.05) is 52.4 Å². The maximum absolute atomic E-state index is 13.2. The van der Waals surface area contributed by atoms with Gasteiger partial charge in [-0.15, -0.1) is 0 Å². The lowest BCUT2D eigenvalue weighted by Gasteiger charge is -2.34. The molecule has 2 aliphatic rings. The Labute approximate surface area is 190 Å². The number of pyridine rings is 1. The summed E-state index contributed by atoms with van der Waals surface area (Å²) in [7, 11) is 0. The van der Waals surface area contributed by atoms with Gasteiger partial charge in [0.25, 0.3) is 11.5 Å².